The number of carboxylic acids is 1. The number of fused-ring (bicyclic) bond motifs is 1. The summed E-state index contributed by atoms with van der Waals surface area (Å²) in [6.07, 6.45) is 0.803. The predicted octanol–water partition coefficient (Wildman–Crippen LogP) is 3.44. The summed E-state index contributed by atoms with van der Waals surface area (Å²) in [5, 5.41) is 10.1. The molecule has 0 unspecified atom stereocenters. The molecule has 1 aromatic carbocycles. The van der Waals surface area contributed by atoms with E-state index in [4.69, 9.17) is 9.15 Å². The third-order valence-electron chi connectivity index (χ3n) is 3.16. The first kappa shape index (κ1) is 13.6. The number of carbonyl (C=O) groups is 1. The zero-order valence-corrected chi connectivity index (χ0v) is 11.4. The van der Waals surface area contributed by atoms with Crippen LogP contribution < -0.4 is 0 Å². The third-order valence-corrected chi connectivity index (χ3v) is 3.16. The molecule has 0 bridgehead atoms. The number of aromatic carboxylic acids is 1. The third kappa shape index (κ3) is 2.63. The zero-order chi connectivity index (χ0) is 14.0. The normalized spacial score (nSPS) is 11.4. The highest BCUT2D eigenvalue weighted by Crippen LogP contribution is 2.32. The minimum atomic E-state index is -1.02. The van der Waals surface area contributed by atoms with E-state index in [1.165, 1.54) is 0 Å². The summed E-state index contributed by atoms with van der Waals surface area (Å²) >= 11 is 0. The van der Waals surface area contributed by atoms with Crippen molar-refractivity contribution in [3.63, 3.8) is 0 Å². The number of ether oxygens (including phenoxy) is 1. The number of furan rings is 1. The second-order valence-corrected chi connectivity index (χ2v) is 4.88. The molecule has 2 rings (SSSR count). The Morgan fingerprint density at radius 1 is 1.42 bits per heavy atom. The fraction of sp³-hybridized carbons (Fsp3) is 0.400. The van der Waals surface area contributed by atoms with Crippen LogP contribution >= 0.6 is 0 Å². The number of hydrogen-bond acceptors (Lipinski definition) is 3. The molecule has 4 heteroatoms. The molecule has 0 saturated carbocycles. The van der Waals surface area contributed by atoms with Crippen molar-refractivity contribution in [2.24, 2.45) is 0 Å². The van der Waals surface area contributed by atoms with Gasteiger partial charge in [0.25, 0.3) is 0 Å². The van der Waals surface area contributed by atoms with Gasteiger partial charge in [0.1, 0.15) is 5.58 Å². The van der Waals surface area contributed by atoms with Gasteiger partial charge in [-0.1, -0.05) is 19.9 Å². The van der Waals surface area contributed by atoms with E-state index in [-0.39, 0.29) is 11.7 Å². The van der Waals surface area contributed by atoms with Crippen molar-refractivity contribution in [3.8, 4) is 0 Å². The number of benzene rings is 1. The first-order valence-corrected chi connectivity index (χ1v) is 6.32. The van der Waals surface area contributed by atoms with E-state index >= 15 is 0 Å². The van der Waals surface area contributed by atoms with E-state index in [0.717, 1.165) is 22.9 Å². The van der Waals surface area contributed by atoms with Gasteiger partial charge in [-0.3, -0.25) is 0 Å². The molecule has 0 fully saturated rings. The molecule has 102 valence electrons. The predicted molar refractivity (Wildman–Crippen MR) is 72.8 cm³/mol. The fourth-order valence-corrected chi connectivity index (χ4v) is 2.27. The van der Waals surface area contributed by atoms with E-state index in [1.807, 2.05) is 32.0 Å². The van der Waals surface area contributed by atoms with Gasteiger partial charge < -0.3 is 14.3 Å². The molecule has 1 heterocycles. The standard InChI is InChI=1S/C15H18O4/c1-9(2)13-11-8-10(6-7-18-3)4-5-12(11)19-14(13)15(16)17/h4-5,8-9H,6-7H2,1-3H3,(H,16,17). The van der Waals surface area contributed by atoms with Crippen molar-refractivity contribution >= 4 is 16.9 Å². The van der Waals surface area contributed by atoms with Gasteiger partial charge in [0.15, 0.2) is 0 Å². The number of methoxy groups -OCH3 is 1. The van der Waals surface area contributed by atoms with Crippen molar-refractivity contribution in [2.75, 3.05) is 13.7 Å². The molecule has 1 N–H and O–H groups in total. The molecule has 0 aliphatic heterocycles. The van der Waals surface area contributed by atoms with Gasteiger partial charge in [-0.25, -0.2) is 4.79 Å². The molecule has 0 aliphatic rings. The van der Waals surface area contributed by atoms with Crippen molar-refractivity contribution in [1.29, 1.82) is 0 Å². The smallest absolute Gasteiger partial charge is 0.372 e. The van der Waals surface area contributed by atoms with Crippen LogP contribution in [0, 0.1) is 0 Å². The molecule has 0 amide bonds. The SMILES string of the molecule is COCCc1ccc2oc(C(=O)O)c(C(C)C)c2c1. The van der Waals surface area contributed by atoms with Gasteiger partial charge in [-0.15, -0.1) is 0 Å². The Hall–Kier alpha value is -1.81. The van der Waals surface area contributed by atoms with Crippen LogP contribution in [0.3, 0.4) is 0 Å². The number of carboxylic acid groups (broad SMARTS) is 1. The maximum atomic E-state index is 11.2. The highest BCUT2D eigenvalue weighted by atomic mass is 16.5. The second-order valence-electron chi connectivity index (χ2n) is 4.88. The number of hydrogen-bond donors (Lipinski definition) is 1. The maximum absolute atomic E-state index is 11.2. The highest BCUT2D eigenvalue weighted by molar-refractivity contribution is 5.95. The lowest BCUT2D eigenvalue weighted by molar-refractivity contribution is 0.0663. The Kier molecular flexibility index (Phi) is 3.90. The molecule has 4 nitrogen and oxygen atoms in total. The summed E-state index contributed by atoms with van der Waals surface area (Å²) in [5.74, 6) is -0.864. The van der Waals surface area contributed by atoms with Crippen LogP contribution in [-0.4, -0.2) is 24.8 Å². The van der Waals surface area contributed by atoms with E-state index in [2.05, 4.69) is 0 Å². The van der Waals surface area contributed by atoms with Crippen LogP contribution in [-0.2, 0) is 11.2 Å². The number of rotatable bonds is 5. The van der Waals surface area contributed by atoms with Crippen molar-refractivity contribution in [1.82, 2.24) is 0 Å². The minimum Gasteiger partial charge on any atom is -0.475 e. The maximum Gasteiger partial charge on any atom is 0.372 e. The zero-order valence-electron chi connectivity index (χ0n) is 11.4. The highest BCUT2D eigenvalue weighted by Gasteiger charge is 2.22. The quantitative estimate of drug-likeness (QED) is 0.896. The summed E-state index contributed by atoms with van der Waals surface area (Å²) in [6, 6.07) is 5.78. The van der Waals surface area contributed by atoms with E-state index in [1.54, 1.807) is 7.11 Å². The second kappa shape index (κ2) is 5.45. The Morgan fingerprint density at radius 2 is 2.16 bits per heavy atom. The summed E-state index contributed by atoms with van der Waals surface area (Å²) in [4.78, 5) is 11.2. The topological polar surface area (TPSA) is 59.7 Å². The molecule has 2 aromatic rings. The summed E-state index contributed by atoms with van der Waals surface area (Å²) in [5.41, 5.74) is 2.51. The lowest BCUT2D eigenvalue weighted by Gasteiger charge is -2.05. The molecular weight excluding hydrogens is 244 g/mol. The van der Waals surface area contributed by atoms with Crippen molar-refractivity contribution < 1.29 is 19.1 Å². The van der Waals surface area contributed by atoms with Gasteiger partial charge in [-0.05, 0) is 30.0 Å². The van der Waals surface area contributed by atoms with Crippen LogP contribution in [0.15, 0.2) is 22.6 Å². The molecule has 1 aromatic heterocycles. The lowest BCUT2D eigenvalue weighted by Crippen LogP contribution is -2.00. The average Bonchev–Trinajstić information content (AvgIpc) is 2.75. The Labute approximate surface area is 112 Å². The Bertz CT molecular complexity index is 595. The van der Waals surface area contributed by atoms with Crippen LogP contribution in [0.2, 0.25) is 0 Å². The monoisotopic (exact) mass is 262 g/mol. The van der Waals surface area contributed by atoms with Gasteiger partial charge in [0, 0.05) is 18.1 Å². The van der Waals surface area contributed by atoms with E-state index in [9.17, 15) is 9.90 Å². The van der Waals surface area contributed by atoms with Crippen LogP contribution in [0.5, 0.6) is 0 Å². The summed E-state index contributed by atoms with van der Waals surface area (Å²) < 4.78 is 10.5. The van der Waals surface area contributed by atoms with Gasteiger partial charge in [0.05, 0.1) is 6.61 Å². The molecule has 19 heavy (non-hydrogen) atoms. The summed E-state index contributed by atoms with van der Waals surface area (Å²) in [6.45, 7) is 4.59. The van der Waals surface area contributed by atoms with Crippen LogP contribution in [0.25, 0.3) is 11.0 Å². The van der Waals surface area contributed by atoms with Gasteiger partial charge in [-0.2, -0.15) is 0 Å². The Balaban J connectivity index is 2.56. The molecule has 0 atom stereocenters. The molecule has 0 spiro atoms. The van der Waals surface area contributed by atoms with Crippen LogP contribution in [0.4, 0.5) is 0 Å². The first-order valence-electron chi connectivity index (χ1n) is 6.32. The molecule has 0 radical (unpaired) electrons. The van der Waals surface area contributed by atoms with E-state index < -0.39 is 5.97 Å². The van der Waals surface area contributed by atoms with Gasteiger partial charge in [0.2, 0.25) is 5.76 Å². The largest absolute Gasteiger partial charge is 0.475 e. The van der Waals surface area contributed by atoms with E-state index in [0.29, 0.717) is 12.2 Å². The van der Waals surface area contributed by atoms with Crippen LogP contribution in [0.1, 0.15) is 41.4 Å². The first-order chi connectivity index (χ1) is 9.04. The van der Waals surface area contributed by atoms with Crippen molar-refractivity contribution in [3.05, 3.63) is 35.1 Å². The fourth-order valence-electron chi connectivity index (χ4n) is 2.27. The Morgan fingerprint density at radius 3 is 2.74 bits per heavy atom. The molecular formula is C15H18O4. The summed E-state index contributed by atoms with van der Waals surface area (Å²) in [7, 11) is 1.67. The average molecular weight is 262 g/mol. The minimum absolute atomic E-state index is 0.0499. The molecule has 0 aliphatic carbocycles. The van der Waals surface area contributed by atoms with Crippen molar-refractivity contribution in [2.45, 2.75) is 26.2 Å². The molecule has 0 saturated heterocycles. The van der Waals surface area contributed by atoms with Gasteiger partial charge >= 0.3 is 5.97 Å². The lowest BCUT2D eigenvalue weighted by atomic mass is 9.98.